The average molecular weight is 1170 g/mol. The molecule has 6 heterocycles. The van der Waals surface area contributed by atoms with Crippen LogP contribution in [0.3, 0.4) is 0 Å². The van der Waals surface area contributed by atoms with Gasteiger partial charge in [0.15, 0.2) is 78.5 Å². The molecule has 4 aliphatic carbocycles. The van der Waals surface area contributed by atoms with Gasteiger partial charge in [0, 0.05) is 48.3 Å². The number of halogens is 5. The molecule has 2 aliphatic heterocycles. The molecular formula is C52H65ClF4N12O8S2. The maximum absolute atomic E-state index is 13.8. The van der Waals surface area contributed by atoms with Gasteiger partial charge in [-0.25, -0.2) is 46.9 Å². The predicted octanol–water partition coefficient (Wildman–Crippen LogP) is 7.81. The maximum atomic E-state index is 13.8. The maximum Gasteiger partial charge on any atom is 0.191 e. The first-order valence-corrected chi connectivity index (χ1v) is 28.1. The minimum Gasteiger partial charge on any atom is -0.394 e. The molecule has 6 aromatic rings. The number of nitrogens with two attached hydrogens (primary N) is 1. The second kappa shape index (κ2) is 24.2. The molecule has 20 nitrogen and oxygen atoms in total. The molecule has 4 aromatic heterocycles. The summed E-state index contributed by atoms with van der Waals surface area (Å²) in [6.07, 6.45) is -0.995. The molecule has 4 saturated carbocycles. The molecule has 0 unspecified atom stereocenters. The van der Waals surface area contributed by atoms with Crippen LogP contribution in [0, 0.1) is 23.3 Å². The molecule has 12 atom stereocenters. The van der Waals surface area contributed by atoms with E-state index in [9.17, 15) is 27.8 Å². The molecule has 428 valence electrons. The van der Waals surface area contributed by atoms with Crippen molar-refractivity contribution in [3.05, 3.63) is 75.9 Å². The number of aliphatic hydroxyl groups is 2. The molecule has 0 bridgehead atoms. The van der Waals surface area contributed by atoms with Crippen LogP contribution in [0.2, 0.25) is 5.15 Å². The first-order valence-electron chi connectivity index (χ1n) is 29.8. The number of nitrogens with one attached hydrogen (secondary N) is 1. The molecule has 5 N–H and O–H groups in total. The van der Waals surface area contributed by atoms with Crippen molar-refractivity contribution in [2.45, 2.75) is 175 Å². The molecule has 0 amide bonds. The van der Waals surface area contributed by atoms with E-state index >= 15 is 0 Å². The van der Waals surface area contributed by atoms with Crippen molar-refractivity contribution in [1.82, 2.24) is 49.9 Å². The number of anilines is 1. The lowest BCUT2D eigenvalue weighted by molar-refractivity contribution is -0.171. The molecule has 2 aromatic carbocycles. The third-order valence-electron chi connectivity index (χ3n) is 14.0. The van der Waals surface area contributed by atoms with Crippen molar-refractivity contribution in [1.29, 1.82) is 0 Å². The smallest absolute Gasteiger partial charge is 0.191 e. The number of hydrogen-bond donors (Lipinski definition) is 4. The van der Waals surface area contributed by atoms with Crippen molar-refractivity contribution in [2.24, 2.45) is 5.73 Å². The summed E-state index contributed by atoms with van der Waals surface area (Å²) in [5.41, 5.74) is 8.58. The van der Waals surface area contributed by atoms with Gasteiger partial charge in [0.25, 0.3) is 0 Å². The normalized spacial score (nSPS) is 31.0. The largest absolute Gasteiger partial charge is 0.394 e. The van der Waals surface area contributed by atoms with Crippen LogP contribution in [-0.2, 0) is 28.4 Å². The highest BCUT2D eigenvalue weighted by atomic mass is 35.5. The number of benzene rings is 2. The molecule has 12 rings (SSSR count). The van der Waals surface area contributed by atoms with Gasteiger partial charge in [0.2, 0.25) is 0 Å². The standard InChI is InChI=1S/C26H32F2N6O4S.C17H24ClN5O4S.C9H9F2N/c1-4-9-39-25-30-23(29-17-11-14(17)13-5-6-15(27)16(28)10-13)20-24(31-25)34(33-32-20)18-12-19(36-8-7-35)22-21(18)37-26(2,3)38-22;1-4-7-28-16-19-14(18)11-15(20-16)23(22-21-11)9-8-10(25-6-5-24)13-12(9)26-17(2,3)27-13;10-7-2-1-5(3-8(7)11)6-4-9(6)12/h5-6,10,14,17-19,21-22,35H,4,7-9,11-12H2,1-3H3,(H,29,30,31);9-10,12-13,24H,4-8H2,1-3H3;1-3,6,9H,4,12H2/t14-,17+,18+,19-,21-,22+;9-,10+,12+,13-;6-,9+/m010/s1/i7D2,8D2;5D2,6D2;. The Kier molecular flexibility index (Phi) is 14.7. The second-order valence-corrected chi connectivity index (χ2v) is 23.2. The molecular weight excluding hydrogens is 1100 g/mol. The Bertz CT molecular complexity index is 3490. The van der Waals surface area contributed by atoms with Gasteiger partial charge >= 0.3 is 0 Å². The Morgan fingerprint density at radius 3 is 1.63 bits per heavy atom. The Morgan fingerprint density at radius 2 is 1.15 bits per heavy atom. The van der Waals surface area contributed by atoms with Gasteiger partial charge in [-0.05, 0) is 88.8 Å². The number of hydrogen-bond acceptors (Lipinski definition) is 20. The van der Waals surface area contributed by atoms with E-state index in [4.69, 9.17) is 61.7 Å². The highest BCUT2D eigenvalue weighted by Crippen LogP contribution is 2.48. The van der Waals surface area contributed by atoms with E-state index < -0.39 is 110 Å². The van der Waals surface area contributed by atoms with Crippen molar-refractivity contribution < 1.29 is 67.2 Å². The summed E-state index contributed by atoms with van der Waals surface area (Å²) in [5.74, 6) is -3.17. The van der Waals surface area contributed by atoms with Crippen LogP contribution in [0.4, 0.5) is 23.4 Å². The monoisotopic (exact) mass is 1170 g/mol. The number of aromatic nitrogens is 10. The first-order chi connectivity index (χ1) is 40.7. The molecule has 27 heteroatoms. The summed E-state index contributed by atoms with van der Waals surface area (Å²) in [6, 6.07) is 6.83. The summed E-state index contributed by atoms with van der Waals surface area (Å²) in [4.78, 5) is 18.3. The Morgan fingerprint density at radius 1 is 0.684 bits per heavy atom. The van der Waals surface area contributed by atoms with E-state index in [0.717, 1.165) is 48.5 Å². The Balaban J connectivity index is 0.000000166. The van der Waals surface area contributed by atoms with Gasteiger partial charge < -0.3 is 49.7 Å². The van der Waals surface area contributed by atoms with E-state index in [-0.39, 0.29) is 41.9 Å². The zero-order valence-corrected chi connectivity index (χ0v) is 46.0. The van der Waals surface area contributed by atoms with Gasteiger partial charge in [-0.1, -0.05) is 71.5 Å². The average Bonchev–Trinajstić information content (AvgIpc) is 1.63. The van der Waals surface area contributed by atoms with E-state index in [0.29, 0.717) is 50.4 Å². The summed E-state index contributed by atoms with van der Waals surface area (Å²) < 4.78 is 152. The van der Waals surface area contributed by atoms with Gasteiger partial charge in [0.05, 0.1) is 61.5 Å². The topological polar surface area (TPSA) is 247 Å². The van der Waals surface area contributed by atoms with Crippen LogP contribution in [0.15, 0.2) is 46.7 Å². The van der Waals surface area contributed by atoms with E-state index in [2.05, 4.69) is 40.9 Å². The molecule has 6 aliphatic rings. The van der Waals surface area contributed by atoms with Gasteiger partial charge in [-0.3, -0.25) is 0 Å². The predicted molar refractivity (Wildman–Crippen MR) is 285 cm³/mol. The minimum absolute atomic E-state index is 0.0376. The minimum atomic E-state index is -3.25. The lowest BCUT2D eigenvalue weighted by Gasteiger charge is -2.23. The summed E-state index contributed by atoms with van der Waals surface area (Å²) in [6.45, 7) is -1.50. The van der Waals surface area contributed by atoms with E-state index in [1.807, 2.05) is 13.8 Å². The number of ether oxygens (including phenoxy) is 6. The van der Waals surface area contributed by atoms with Crippen molar-refractivity contribution in [3.63, 3.8) is 0 Å². The molecule has 0 spiro atoms. The zero-order valence-electron chi connectivity index (χ0n) is 51.6. The van der Waals surface area contributed by atoms with E-state index in [1.165, 1.54) is 35.7 Å². The zero-order chi connectivity index (χ0) is 63.1. The quantitative estimate of drug-likeness (QED) is 0.0277. The Hall–Kier alpha value is -4.45. The first kappa shape index (κ1) is 48.1. The van der Waals surface area contributed by atoms with E-state index in [1.54, 1.807) is 49.2 Å². The fourth-order valence-corrected chi connectivity index (χ4v) is 12.0. The molecule has 0 radical (unpaired) electrons. The van der Waals surface area contributed by atoms with Crippen LogP contribution in [0.1, 0.15) is 126 Å². The van der Waals surface area contributed by atoms with Crippen LogP contribution >= 0.6 is 35.1 Å². The fourth-order valence-electron chi connectivity index (χ4n) is 10.4. The van der Waals surface area contributed by atoms with Crippen molar-refractivity contribution in [3.8, 4) is 0 Å². The lowest BCUT2D eigenvalue weighted by atomic mass is 10.1. The van der Waals surface area contributed by atoms with Crippen molar-refractivity contribution >= 4 is 63.3 Å². The number of thioether (sulfide) groups is 2. The SMILES string of the molecule is N[C@@H]1C[C@H]1c1ccc(F)c(F)c1.[2H]C([2H])(O)C([2H])([2H])O[C@H]1C[C@@H](n2nnc3c(Cl)nc(SCCC)nc32)[C@@H]2OC(C)(C)O[C@@H]21.[2H]C([2H])(O)C([2H])([2H])O[C@H]1C[C@@H](n2nnc3c(N[C@@H]4C[C@H]4c4ccc(F)c(F)c4)nc(SCCC)nc32)[C@@H]2OC(C)(C)O[C@@H]21. The van der Waals surface area contributed by atoms with Gasteiger partial charge in [-0.15, -0.1) is 10.2 Å². The molecule has 6 fully saturated rings. The highest BCUT2D eigenvalue weighted by molar-refractivity contribution is 7.99. The summed E-state index contributed by atoms with van der Waals surface area (Å²) in [7, 11) is 0. The fraction of sp³-hybridized carbons (Fsp3) is 0.615. The third kappa shape index (κ3) is 12.8. The van der Waals surface area contributed by atoms with Crippen molar-refractivity contribution in [2.75, 3.05) is 43.1 Å². The number of rotatable bonds is 18. The number of nitrogens with zero attached hydrogens (tertiary/aromatic N) is 10. The molecule has 2 saturated heterocycles. The highest BCUT2D eigenvalue weighted by Gasteiger charge is 2.57. The second-order valence-electron chi connectivity index (χ2n) is 20.7. The summed E-state index contributed by atoms with van der Waals surface area (Å²) >= 11 is 9.22. The Labute approximate surface area is 478 Å². The van der Waals surface area contributed by atoms with Gasteiger partial charge in [-0.2, -0.15) is 0 Å². The van der Waals surface area contributed by atoms with Crippen LogP contribution in [-0.4, -0.2) is 158 Å². The van der Waals surface area contributed by atoms with Gasteiger partial charge in [0.1, 0.15) is 24.4 Å². The summed E-state index contributed by atoms with van der Waals surface area (Å²) in [5, 5.41) is 40.9. The number of fused-ring (bicyclic) bond motifs is 4. The molecule has 79 heavy (non-hydrogen) atoms. The van der Waals surface area contributed by atoms with Crippen LogP contribution < -0.4 is 11.1 Å². The lowest BCUT2D eigenvalue weighted by Crippen LogP contribution is -2.31. The van der Waals surface area contributed by atoms with Crippen LogP contribution in [0.5, 0.6) is 0 Å². The van der Waals surface area contributed by atoms with Crippen LogP contribution in [0.25, 0.3) is 22.3 Å². The third-order valence-corrected chi connectivity index (χ3v) is 16.4.